The number of benzene rings is 1. The van der Waals surface area contributed by atoms with Gasteiger partial charge in [0.2, 0.25) is 9.76 Å². The highest BCUT2D eigenvalue weighted by Crippen LogP contribution is 2.21. The number of para-hydroxylation sites is 1. The lowest BCUT2D eigenvalue weighted by Gasteiger charge is -2.21. The Hall–Kier alpha value is -0.846. The van der Waals surface area contributed by atoms with Crippen molar-refractivity contribution in [3.63, 3.8) is 0 Å². The Bertz CT molecular complexity index is 364. The van der Waals surface area contributed by atoms with E-state index in [-0.39, 0.29) is 0 Å². The van der Waals surface area contributed by atoms with E-state index >= 15 is 0 Å². The van der Waals surface area contributed by atoms with Crippen molar-refractivity contribution in [1.29, 1.82) is 0 Å². The van der Waals surface area contributed by atoms with Crippen LogP contribution < -0.4 is 0 Å². The van der Waals surface area contributed by atoms with E-state index < -0.39 is 8.32 Å². The molecule has 17 heavy (non-hydrogen) atoms. The Morgan fingerprint density at radius 1 is 1.41 bits per heavy atom. The van der Waals surface area contributed by atoms with Crippen LogP contribution in [0.2, 0.25) is 19.1 Å². The molecule has 92 valence electrons. The molecule has 1 aromatic carbocycles. The maximum absolute atomic E-state index is 9.65. The van der Waals surface area contributed by atoms with E-state index in [4.69, 9.17) is 4.12 Å². The molecule has 1 aromatic rings. The Morgan fingerprint density at radius 2 is 2.12 bits per heavy atom. The standard InChI is InChI=1S/C13H20O2Si2/c1-4-16-15-17(2,3)11-7-9-12-8-5-6-10-13(12)14/h4-6,8,10,14H,1,7,9,11H2,2-3H3. The molecule has 0 saturated carbocycles. The van der Waals surface area contributed by atoms with E-state index in [1.807, 2.05) is 23.9 Å². The van der Waals surface area contributed by atoms with Crippen LogP contribution in [0.25, 0.3) is 0 Å². The zero-order chi connectivity index (χ0) is 12.7. The largest absolute Gasteiger partial charge is 0.508 e. The zero-order valence-electron chi connectivity index (χ0n) is 10.6. The van der Waals surface area contributed by atoms with Gasteiger partial charge in [0.05, 0.1) is 0 Å². The van der Waals surface area contributed by atoms with Crippen LogP contribution in [0.3, 0.4) is 0 Å². The maximum Gasteiger partial charge on any atom is 0.247 e. The van der Waals surface area contributed by atoms with Gasteiger partial charge in [0.15, 0.2) is 8.32 Å². The molecule has 0 aliphatic carbocycles. The van der Waals surface area contributed by atoms with Gasteiger partial charge in [-0.25, -0.2) is 0 Å². The summed E-state index contributed by atoms with van der Waals surface area (Å²) in [7, 11) is -1.12. The molecule has 0 fully saturated rings. The second-order valence-corrected chi connectivity index (χ2v) is 10.1. The monoisotopic (exact) mass is 264 g/mol. The van der Waals surface area contributed by atoms with Gasteiger partial charge >= 0.3 is 0 Å². The van der Waals surface area contributed by atoms with Gasteiger partial charge in [0.25, 0.3) is 0 Å². The van der Waals surface area contributed by atoms with Crippen LogP contribution in [0.15, 0.2) is 36.5 Å². The third-order valence-corrected chi connectivity index (χ3v) is 7.04. The first-order valence-corrected chi connectivity index (χ1v) is 9.96. The van der Waals surface area contributed by atoms with E-state index in [1.54, 1.807) is 6.07 Å². The minimum atomic E-state index is -1.54. The third-order valence-electron chi connectivity index (χ3n) is 2.64. The molecule has 0 unspecified atom stereocenters. The highest BCUT2D eigenvalue weighted by Gasteiger charge is 2.20. The smallest absolute Gasteiger partial charge is 0.247 e. The summed E-state index contributed by atoms with van der Waals surface area (Å²) >= 11 is 0. The van der Waals surface area contributed by atoms with Crippen LogP contribution in [0.5, 0.6) is 5.75 Å². The number of aromatic hydroxyl groups is 1. The SMILES string of the molecule is C=C[Si]O[Si](C)(C)CCCc1ccccc1O. The molecule has 4 heteroatoms. The van der Waals surface area contributed by atoms with Crippen molar-refractivity contribution < 1.29 is 9.22 Å². The molecule has 0 heterocycles. The zero-order valence-corrected chi connectivity index (χ0v) is 12.6. The van der Waals surface area contributed by atoms with E-state index in [1.165, 1.54) is 0 Å². The maximum atomic E-state index is 9.65. The van der Waals surface area contributed by atoms with Gasteiger partial charge in [-0.3, -0.25) is 0 Å². The van der Waals surface area contributed by atoms with Crippen LogP contribution in [-0.4, -0.2) is 23.2 Å². The average molecular weight is 264 g/mol. The molecule has 0 atom stereocenters. The molecule has 0 aliphatic heterocycles. The Balaban J connectivity index is 2.37. The van der Waals surface area contributed by atoms with Crippen molar-refractivity contribution in [2.45, 2.75) is 32.0 Å². The number of hydrogen-bond donors (Lipinski definition) is 1. The summed E-state index contributed by atoms with van der Waals surface area (Å²) in [5.74, 6) is 0.404. The molecule has 2 radical (unpaired) electrons. The predicted molar refractivity (Wildman–Crippen MR) is 75.8 cm³/mol. The van der Waals surface area contributed by atoms with Crippen LogP contribution in [0.1, 0.15) is 12.0 Å². The van der Waals surface area contributed by atoms with Gasteiger partial charge in [-0.15, -0.1) is 6.58 Å². The fourth-order valence-corrected chi connectivity index (χ4v) is 4.72. The molecule has 0 aromatic heterocycles. The van der Waals surface area contributed by atoms with Crippen molar-refractivity contribution in [3.05, 3.63) is 42.1 Å². The molecule has 0 aliphatic rings. The quantitative estimate of drug-likeness (QED) is 0.766. The second kappa shape index (κ2) is 6.78. The van der Waals surface area contributed by atoms with Gasteiger partial charge in [-0.1, -0.05) is 23.9 Å². The number of hydrogen-bond acceptors (Lipinski definition) is 2. The molecule has 0 saturated heterocycles. The molecular weight excluding hydrogens is 244 g/mol. The lowest BCUT2D eigenvalue weighted by Crippen LogP contribution is -2.31. The number of phenols is 1. The minimum absolute atomic E-state index is 0.404. The first-order chi connectivity index (χ1) is 8.05. The number of phenolic OH excluding ortho intramolecular Hbond substituents is 1. The summed E-state index contributed by atoms with van der Waals surface area (Å²) in [6, 6.07) is 8.66. The van der Waals surface area contributed by atoms with Crippen molar-refractivity contribution in [2.75, 3.05) is 0 Å². The lowest BCUT2D eigenvalue weighted by molar-refractivity contribution is 0.467. The predicted octanol–water partition coefficient (Wildman–Crippen LogP) is 3.31. The van der Waals surface area contributed by atoms with Gasteiger partial charge < -0.3 is 9.22 Å². The second-order valence-electron chi connectivity index (χ2n) is 4.67. The fourth-order valence-electron chi connectivity index (χ4n) is 1.68. The topological polar surface area (TPSA) is 29.5 Å². The van der Waals surface area contributed by atoms with Crippen LogP contribution in [0.4, 0.5) is 0 Å². The van der Waals surface area contributed by atoms with Crippen molar-refractivity contribution in [1.82, 2.24) is 0 Å². The molecule has 0 spiro atoms. The molecule has 1 rings (SSSR count). The van der Waals surface area contributed by atoms with Gasteiger partial charge in [-0.05, 0) is 43.6 Å². The molecule has 2 nitrogen and oxygen atoms in total. The Labute approximate surface area is 107 Å². The highest BCUT2D eigenvalue weighted by atomic mass is 28.4. The van der Waals surface area contributed by atoms with E-state index in [0.717, 1.165) is 24.4 Å². The van der Waals surface area contributed by atoms with Crippen molar-refractivity contribution in [3.8, 4) is 5.75 Å². The van der Waals surface area contributed by atoms with E-state index in [0.29, 0.717) is 15.5 Å². The normalized spacial score (nSPS) is 11.4. The molecule has 0 bridgehead atoms. The van der Waals surface area contributed by atoms with E-state index in [2.05, 4.69) is 19.7 Å². The van der Waals surface area contributed by atoms with Crippen molar-refractivity contribution in [2.24, 2.45) is 0 Å². The number of aryl methyl sites for hydroxylation is 1. The van der Waals surface area contributed by atoms with Crippen LogP contribution in [0, 0.1) is 0 Å². The summed E-state index contributed by atoms with van der Waals surface area (Å²) in [6.07, 6.45) is 1.99. The highest BCUT2D eigenvalue weighted by molar-refractivity contribution is 6.75. The summed E-state index contributed by atoms with van der Waals surface area (Å²) in [5, 5.41) is 9.65. The van der Waals surface area contributed by atoms with Gasteiger partial charge in [-0.2, -0.15) is 0 Å². The lowest BCUT2D eigenvalue weighted by atomic mass is 10.1. The Kier molecular flexibility index (Phi) is 5.67. The van der Waals surface area contributed by atoms with Crippen LogP contribution in [-0.2, 0) is 10.5 Å². The first kappa shape index (κ1) is 14.2. The summed E-state index contributed by atoms with van der Waals surface area (Å²) < 4.78 is 5.83. The Morgan fingerprint density at radius 3 is 2.76 bits per heavy atom. The van der Waals surface area contributed by atoms with Gasteiger partial charge in [0, 0.05) is 0 Å². The molecular formula is C13H20O2Si2. The van der Waals surface area contributed by atoms with Crippen molar-refractivity contribution >= 4 is 18.1 Å². The fraction of sp³-hybridized carbons (Fsp3) is 0.385. The molecule has 0 amide bonds. The third kappa shape index (κ3) is 5.34. The minimum Gasteiger partial charge on any atom is -0.508 e. The molecule has 1 N–H and O–H groups in total. The van der Waals surface area contributed by atoms with Crippen LogP contribution >= 0.6 is 0 Å². The summed E-state index contributed by atoms with van der Waals surface area (Å²) in [6.45, 7) is 8.14. The number of rotatable bonds is 7. The first-order valence-electron chi connectivity index (χ1n) is 5.86. The average Bonchev–Trinajstić information content (AvgIpc) is 2.29. The summed E-state index contributed by atoms with van der Waals surface area (Å²) in [5.41, 5.74) is 2.86. The van der Waals surface area contributed by atoms with E-state index in [9.17, 15) is 5.11 Å². The van der Waals surface area contributed by atoms with Gasteiger partial charge in [0.1, 0.15) is 5.75 Å². The summed E-state index contributed by atoms with van der Waals surface area (Å²) in [4.78, 5) is 0.